The first-order chi connectivity index (χ1) is 10.5. The lowest BCUT2D eigenvalue weighted by Gasteiger charge is -2.41. The van der Waals surface area contributed by atoms with Crippen molar-refractivity contribution in [1.29, 1.82) is 0 Å². The molecule has 1 N–H and O–H groups in total. The lowest BCUT2D eigenvalue weighted by molar-refractivity contribution is 0.0960. The van der Waals surface area contributed by atoms with Crippen molar-refractivity contribution in [3.05, 3.63) is 42.5 Å². The van der Waals surface area contributed by atoms with E-state index in [0.29, 0.717) is 12.6 Å². The Morgan fingerprint density at radius 1 is 1.27 bits per heavy atom. The summed E-state index contributed by atoms with van der Waals surface area (Å²) >= 11 is 0. The lowest BCUT2D eigenvalue weighted by Crippen LogP contribution is -2.49. The van der Waals surface area contributed by atoms with Gasteiger partial charge in [-0.2, -0.15) is 0 Å². The maximum Gasteiger partial charge on any atom is 0.124 e. The molecule has 0 aromatic heterocycles. The highest BCUT2D eigenvalue weighted by Gasteiger charge is 2.26. The van der Waals surface area contributed by atoms with Crippen LogP contribution in [0.15, 0.2) is 36.9 Å². The number of benzene rings is 1. The van der Waals surface area contributed by atoms with Gasteiger partial charge in [-0.3, -0.25) is 4.90 Å². The summed E-state index contributed by atoms with van der Waals surface area (Å²) in [5.41, 5.74) is 1.51. The van der Waals surface area contributed by atoms with Gasteiger partial charge in [0, 0.05) is 36.8 Å². The van der Waals surface area contributed by atoms with E-state index in [1.807, 2.05) is 12.1 Å². The molecular formula is C19H30N2O. The number of rotatable bonds is 6. The van der Waals surface area contributed by atoms with E-state index in [0.717, 1.165) is 12.3 Å². The second-order valence-electron chi connectivity index (χ2n) is 7.02. The molecule has 1 saturated heterocycles. The molecule has 0 atom stereocenters. The SMILES string of the molecule is C=CCOc1ccccc1CNC1CCN(C(C)(C)C)CC1. The van der Waals surface area contributed by atoms with Crippen LogP contribution in [-0.2, 0) is 6.54 Å². The zero-order valence-corrected chi connectivity index (χ0v) is 14.3. The number of likely N-dealkylation sites (tertiary alicyclic amines) is 1. The third kappa shape index (κ3) is 4.85. The van der Waals surface area contributed by atoms with Crippen LogP contribution >= 0.6 is 0 Å². The minimum atomic E-state index is 0.288. The van der Waals surface area contributed by atoms with Crippen molar-refractivity contribution in [3.8, 4) is 5.75 Å². The van der Waals surface area contributed by atoms with Crippen LogP contribution in [0.4, 0.5) is 0 Å². The number of piperidine rings is 1. The molecule has 1 aromatic carbocycles. The first-order valence-corrected chi connectivity index (χ1v) is 8.30. The second-order valence-corrected chi connectivity index (χ2v) is 7.02. The summed E-state index contributed by atoms with van der Waals surface area (Å²) in [6, 6.07) is 8.85. The fraction of sp³-hybridized carbons (Fsp3) is 0.579. The number of ether oxygens (including phenoxy) is 1. The van der Waals surface area contributed by atoms with E-state index in [-0.39, 0.29) is 5.54 Å². The molecule has 2 rings (SSSR count). The van der Waals surface area contributed by atoms with Crippen LogP contribution in [-0.4, -0.2) is 36.2 Å². The van der Waals surface area contributed by atoms with E-state index in [1.54, 1.807) is 6.08 Å². The molecule has 0 saturated carbocycles. The summed E-state index contributed by atoms with van der Waals surface area (Å²) in [5.74, 6) is 0.960. The summed E-state index contributed by atoms with van der Waals surface area (Å²) < 4.78 is 5.72. The normalized spacial score (nSPS) is 17.4. The maximum atomic E-state index is 5.72. The van der Waals surface area contributed by atoms with E-state index in [9.17, 15) is 0 Å². The first-order valence-electron chi connectivity index (χ1n) is 8.30. The highest BCUT2D eigenvalue weighted by atomic mass is 16.5. The van der Waals surface area contributed by atoms with E-state index in [4.69, 9.17) is 4.74 Å². The van der Waals surface area contributed by atoms with E-state index in [1.165, 1.54) is 31.5 Å². The van der Waals surface area contributed by atoms with Crippen LogP contribution in [0.3, 0.4) is 0 Å². The van der Waals surface area contributed by atoms with Gasteiger partial charge in [-0.1, -0.05) is 30.9 Å². The van der Waals surface area contributed by atoms with Crippen LogP contribution in [0.5, 0.6) is 5.75 Å². The fourth-order valence-corrected chi connectivity index (χ4v) is 2.95. The summed E-state index contributed by atoms with van der Waals surface area (Å²) in [6.07, 6.45) is 4.21. The quantitative estimate of drug-likeness (QED) is 0.813. The Balaban J connectivity index is 1.83. The molecule has 3 nitrogen and oxygen atoms in total. The number of nitrogens with zero attached hydrogens (tertiary/aromatic N) is 1. The van der Waals surface area contributed by atoms with Gasteiger partial charge in [0.1, 0.15) is 12.4 Å². The number of hydrogen-bond donors (Lipinski definition) is 1. The van der Waals surface area contributed by atoms with Crippen LogP contribution in [0, 0.1) is 0 Å². The zero-order chi connectivity index (χ0) is 16.0. The van der Waals surface area contributed by atoms with Gasteiger partial charge in [-0.15, -0.1) is 0 Å². The molecule has 1 fully saturated rings. The predicted octanol–water partition coefficient (Wildman–Crippen LogP) is 3.60. The molecular weight excluding hydrogens is 272 g/mol. The smallest absolute Gasteiger partial charge is 0.124 e. The molecule has 0 radical (unpaired) electrons. The molecule has 22 heavy (non-hydrogen) atoms. The Labute approximate surface area is 135 Å². The molecule has 1 aliphatic rings. The highest BCUT2D eigenvalue weighted by Crippen LogP contribution is 2.22. The van der Waals surface area contributed by atoms with Gasteiger partial charge in [0.15, 0.2) is 0 Å². The third-order valence-electron chi connectivity index (χ3n) is 4.35. The molecule has 1 aliphatic heterocycles. The number of para-hydroxylation sites is 1. The van der Waals surface area contributed by atoms with E-state index in [2.05, 4.69) is 49.7 Å². The number of nitrogens with one attached hydrogen (secondary N) is 1. The molecule has 0 unspecified atom stereocenters. The van der Waals surface area contributed by atoms with Crippen molar-refractivity contribution in [2.24, 2.45) is 0 Å². The Morgan fingerprint density at radius 2 is 1.95 bits per heavy atom. The summed E-state index contributed by atoms with van der Waals surface area (Å²) in [7, 11) is 0. The topological polar surface area (TPSA) is 24.5 Å². The Hall–Kier alpha value is -1.32. The molecule has 3 heteroatoms. The minimum absolute atomic E-state index is 0.288. The van der Waals surface area contributed by atoms with Gasteiger partial charge in [-0.05, 0) is 39.7 Å². The monoisotopic (exact) mass is 302 g/mol. The van der Waals surface area contributed by atoms with Gasteiger partial charge in [0.2, 0.25) is 0 Å². The van der Waals surface area contributed by atoms with E-state index < -0.39 is 0 Å². The van der Waals surface area contributed by atoms with Crippen molar-refractivity contribution >= 4 is 0 Å². The van der Waals surface area contributed by atoms with Gasteiger partial charge < -0.3 is 10.1 Å². The Morgan fingerprint density at radius 3 is 2.59 bits per heavy atom. The summed E-state index contributed by atoms with van der Waals surface area (Å²) in [4.78, 5) is 2.58. The molecule has 122 valence electrons. The highest BCUT2D eigenvalue weighted by molar-refractivity contribution is 5.33. The molecule has 0 bridgehead atoms. The lowest BCUT2D eigenvalue weighted by atomic mass is 9.98. The van der Waals surface area contributed by atoms with Crippen molar-refractivity contribution < 1.29 is 4.74 Å². The Bertz CT molecular complexity index is 471. The summed E-state index contributed by atoms with van der Waals surface area (Å²) in [5, 5.41) is 3.69. The first kappa shape index (κ1) is 17.0. The molecule has 0 spiro atoms. The minimum Gasteiger partial charge on any atom is -0.489 e. The summed E-state index contributed by atoms with van der Waals surface area (Å²) in [6.45, 7) is 14.4. The largest absolute Gasteiger partial charge is 0.489 e. The standard InChI is InChI=1S/C19H30N2O/c1-5-14-22-18-9-7-6-8-16(18)15-20-17-10-12-21(13-11-17)19(2,3)4/h5-9,17,20H,1,10-15H2,2-4H3. The Kier molecular flexibility index (Phi) is 6.04. The van der Waals surface area contributed by atoms with Gasteiger partial charge in [0.05, 0.1) is 0 Å². The van der Waals surface area contributed by atoms with Crippen LogP contribution in [0.2, 0.25) is 0 Å². The van der Waals surface area contributed by atoms with Crippen molar-refractivity contribution in [2.75, 3.05) is 19.7 Å². The van der Waals surface area contributed by atoms with Crippen molar-refractivity contribution in [3.63, 3.8) is 0 Å². The maximum absolute atomic E-state index is 5.72. The average Bonchev–Trinajstić information content (AvgIpc) is 2.51. The average molecular weight is 302 g/mol. The van der Waals surface area contributed by atoms with Gasteiger partial charge in [-0.25, -0.2) is 0 Å². The van der Waals surface area contributed by atoms with Gasteiger partial charge in [0.25, 0.3) is 0 Å². The molecule has 1 heterocycles. The van der Waals surface area contributed by atoms with Crippen molar-refractivity contribution in [2.45, 2.75) is 51.7 Å². The second kappa shape index (κ2) is 7.80. The molecule has 0 amide bonds. The third-order valence-corrected chi connectivity index (χ3v) is 4.35. The number of hydrogen-bond acceptors (Lipinski definition) is 3. The van der Waals surface area contributed by atoms with Crippen LogP contribution in [0.1, 0.15) is 39.2 Å². The molecule has 0 aliphatic carbocycles. The van der Waals surface area contributed by atoms with Gasteiger partial charge >= 0.3 is 0 Å². The van der Waals surface area contributed by atoms with Crippen LogP contribution in [0.25, 0.3) is 0 Å². The molecule has 1 aromatic rings. The fourth-order valence-electron chi connectivity index (χ4n) is 2.95. The van der Waals surface area contributed by atoms with Crippen molar-refractivity contribution in [1.82, 2.24) is 10.2 Å². The van der Waals surface area contributed by atoms with Crippen LogP contribution < -0.4 is 10.1 Å². The zero-order valence-electron chi connectivity index (χ0n) is 14.3. The van der Waals surface area contributed by atoms with E-state index >= 15 is 0 Å². The predicted molar refractivity (Wildman–Crippen MR) is 93.3 cm³/mol.